The second-order valence-corrected chi connectivity index (χ2v) is 2.77. The van der Waals surface area contributed by atoms with Gasteiger partial charge in [0.05, 0.1) is 0 Å². The van der Waals surface area contributed by atoms with Crippen LogP contribution in [0.25, 0.3) is 0 Å². The van der Waals surface area contributed by atoms with E-state index in [2.05, 4.69) is 5.32 Å². The van der Waals surface area contributed by atoms with Crippen molar-refractivity contribution in [2.24, 2.45) is 11.7 Å². The molecule has 0 aromatic carbocycles. The molecule has 3 N–H and O–H groups in total. The number of hydrogen-bond donors (Lipinski definition) is 2. The van der Waals surface area contributed by atoms with Crippen molar-refractivity contribution in [2.75, 3.05) is 19.6 Å². The van der Waals surface area contributed by atoms with Gasteiger partial charge in [0, 0.05) is 0 Å². The lowest BCUT2D eigenvalue weighted by Gasteiger charge is -2.21. The molecule has 1 fully saturated rings. The Morgan fingerprint density at radius 1 is 1.08 bits per heavy atom. The Kier molecular flexibility index (Phi) is 18.2. The van der Waals surface area contributed by atoms with Crippen LogP contribution in [0.2, 0.25) is 0 Å². The van der Waals surface area contributed by atoms with Gasteiger partial charge in [0.1, 0.15) is 0 Å². The monoisotopic (exact) mass is 236 g/mol. The van der Waals surface area contributed by atoms with Crippen LogP contribution in [0.4, 0.5) is 0 Å². The molecular formula is C7H19Cl3N2. The van der Waals surface area contributed by atoms with E-state index in [1.807, 2.05) is 0 Å². The van der Waals surface area contributed by atoms with Crippen LogP contribution in [-0.4, -0.2) is 19.6 Å². The Morgan fingerprint density at radius 2 is 1.58 bits per heavy atom. The smallest absolute Gasteiger partial charge is 0.00463 e. The SMILES string of the molecule is Cl.Cl.Cl.NCCC1CCNCC1. The fourth-order valence-electron chi connectivity index (χ4n) is 1.41. The molecule has 0 aliphatic carbocycles. The number of piperidine rings is 1. The van der Waals surface area contributed by atoms with Crippen molar-refractivity contribution in [3.05, 3.63) is 0 Å². The molecule has 2 nitrogen and oxygen atoms in total. The zero-order valence-electron chi connectivity index (χ0n) is 7.12. The average molecular weight is 238 g/mol. The molecule has 0 atom stereocenters. The van der Waals surface area contributed by atoms with E-state index in [-0.39, 0.29) is 37.2 Å². The molecule has 1 aliphatic rings. The van der Waals surface area contributed by atoms with Crippen LogP contribution in [0, 0.1) is 5.92 Å². The van der Waals surface area contributed by atoms with Gasteiger partial charge in [-0.2, -0.15) is 0 Å². The lowest BCUT2D eigenvalue weighted by atomic mass is 9.95. The summed E-state index contributed by atoms with van der Waals surface area (Å²) in [6.45, 7) is 3.26. The maximum absolute atomic E-state index is 5.44. The van der Waals surface area contributed by atoms with Gasteiger partial charge in [0.15, 0.2) is 0 Å². The minimum absolute atomic E-state index is 0. The minimum Gasteiger partial charge on any atom is -0.330 e. The first-order valence-electron chi connectivity index (χ1n) is 3.84. The summed E-state index contributed by atoms with van der Waals surface area (Å²) < 4.78 is 0. The quantitative estimate of drug-likeness (QED) is 0.766. The molecule has 78 valence electrons. The zero-order chi connectivity index (χ0) is 6.53. The molecule has 0 aromatic heterocycles. The lowest BCUT2D eigenvalue weighted by molar-refractivity contribution is 0.358. The molecule has 0 saturated carbocycles. The van der Waals surface area contributed by atoms with Crippen molar-refractivity contribution in [2.45, 2.75) is 19.3 Å². The molecule has 1 rings (SSSR count). The minimum atomic E-state index is 0. The van der Waals surface area contributed by atoms with Gasteiger partial charge in [-0.25, -0.2) is 0 Å². The highest BCUT2D eigenvalue weighted by atomic mass is 35.5. The summed E-state index contributed by atoms with van der Waals surface area (Å²) in [5.41, 5.74) is 5.44. The fraction of sp³-hybridized carbons (Fsp3) is 1.00. The standard InChI is InChI=1S/C7H16N2.3ClH/c8-4-1-7-2-5-9-6-3-7;;;/h7,9H,1-6,8H2;3*1H. The van der Waals surface area contributed by atoms with Crippen molar-refractivity contribution >= 4 is 37.2 Å². The maximum Gasteiger partial charge on any atom is -0.00463 e. The second-order valence-electron chi connectivity index (χ2n) is 2.77. The van der Waals surface area contributed by atoms with Crippen molar-refractivity contribution < 1.29 is 0 Å². The van der Waals surface area contributed by atoms with Gasteiger partial charge in [-0.05, 0) is 44.8 Å². The third-order valence-electron chi connectivity index (χ3n) is 2.03. The summed E-state index contributed by atoms with van der Waals surface area (Å²) in [6, 6.07) is 0. The third kappa shape index (κ3) is 7.44. The van der Waals surface area contributed by atoms with Gasteiger partial charge in [0.25, 0.3) is 0 Å². The third-order valence-corrected chi connectivity index (χ3v) is 2.03. The maximum atomic E-state index is 5.44. The molecule has 12 heavy (non-hydrogen) atoms. The van der Waals surface area contributed by atoms with Crippen molar-refractivity contribution in [3.8, 4) is 0 Å². The highest BCUT2D eigenvalue weighted by molar-refractivity contribution is 5.86. The summed E-state index contributed by atoms with van der Waals surface area (Å²) >= 11 is 0. The summed E-state index contributed by atoms with van der Waals surface area (Å²) in [5, 5.41) is 3.33. The van der Waals surface area contributed by atoms with Gasteiger partial charge in [-0.3, -0.25) is 0 Å². The van der Waals surface area contributed by atoms with Crippen LogP contribution in [0.15, 0.2) is 0 Å². The molecule has 0 spiro atoms. The van der Waals surface area contributed by atoms with E-state index in [9.17, 15) is 0 Å². The van der Waals surface area contributed by atoms with E-state index in [1.165, 1.54) is 32.4 Å². The van der Waals surface area contributed by atoms with Gasteiger partial charge in [-0.15, -0.1) is 37.2 Å². The van der Waals surface area contributed by atoms with Crippen molar-refractivity contribution in [1.82, 2.24) is 5.32 Å². The molecule has 5 heteroatoms. The van der Waals surface area contributed by atoms with Crippen molar-refractivity contribution in [1.29, 1.82) is 0 Å². The van der Waals surface area contributed by atoms with Crippen LogP contribution in [-0.2, 0) is 0 Å². The number of nitrogens with two attached hydrogens (primary N) is 1. The first-order chi connectivity index (χ1) is 4.43. The van der Waals surface area contributed by atoms with E-state index in [0.29, 0.717) is 0 Å². The molecule has 0 amide bonds. The van der Waals surface area contributed by atoms with Crippen LogP contribution < -0.4 is 11.1 Å². The Hall–Kier alpha value is 0.790. The van der Waals surface area contributed by atoms with Crippen LogP contribution in [0.3, 0.4) is 0 Å². The summed E-state index contributed by atoms with van der Waals surface area (Å²) in [5.74, 6) is 0.913. The molecule has 1 aliphatic heterocycles. The van der Waals surface area contributed by atoms with Crippen LogP contribution in [0.1, 0.15) is 19.3 Å². The zero-order valence-corrected chi connectivity index (χ0v) is 9.57. The Balaban J connectivity index is -0.000000270. The van der Waals surface area contributed by atoms with E-state index in [4.69, 9.17) is 5.73 Å². The average Bonchev–Trinajstić information content (AvgIpc) is 1.91. The molecule has 1 heterocycles. The molecule has 0 radical (unpaired) electrons. The normalized spacial score (nSPS) is 16.8. The van der Waals surface area contributed by atoms with E-state index in [0.717, 1.165) is 12.5 Å². The first-order valence-corrected chi connectivity index (χ1v) is 3.84. The van der Waals surface area contributed by atoms with Gasteiger partial charge in [-0.1, -0.05) is 0 Å². The Bertz CT molecular complexity index is 74.3. The Labute approximate surface area is 93.3 Å². The molecule has 0 unspecified atom stereocenters. The topological polar surface area (TPSA) is 38.0 Å². The van der Waals surface area contributed by atoms with E-state index < -0.39 is 0 Å². The Morgan fingerprint density at radius 3 is 2.00 bits per heavy atom. The summed E-state index contributed by atoms with van der Waals surface area (Å²) in [7, 11) is 0. The van der Waals surface area contributed by atoms with Crippen LogP contribution in [0.5, 0.6) is 0 Å². The van der Waals surface area contributed by atoms with E-state index >= 15 is 0 Å². The van der Waals surface area contributed by atoms with Crippen molar-refractivity contribution in [3.63, 3.8) is 0 Å². The van der Waals surface area contributed by atoms with Gasteiger partial charge in [0.2, 0.25) is 0 Å². The van der Waals surface area contributed by atoms with Gasteiger partial charge >= 0.3 is 0 Å². The molecule has 0 bridgehead atoms. The largest absolute Gasteiger partial charge is 0.330 e. The highest BCUT2D eigenvalue weighted by Crippen LogP contribution is 2.13. The van der Waals surface area contributed by atoms with Gasteiger partial charge < -0.3 is 11.1 Å². The second kappa shape index (κ2) is 11.8. The predicted octanol–water partition coefficient (Wildman–Crippen LogP) is 1.60. The lowest BCUT2D eigenvalue weighted by Crippen LogP contribution is -2.28. The fourth-order valence-corrected chi connectivity index (χ4v) is 1.41. The molecule has 0 aromatic rings. The number of hydrogen-bond acceptors (Lipinski definition) is 2. The van der Waals surface area contributed by atoms with Crippen LogP contribution >= 0.6 is 37.2 Å². The number of nitrogens with one attached hydrogen (secondary N) is 1. The first kappa shape index (κ1) is 18.5. The predicted molar refractivity (Wildman–Crippen MR) is 61.0 cm³/mol. The molecular weight excluding hydrogens is 218 g/mol. The number of halogens is 3. The molecule has 1 saturated heterocycles. The summed E-state index contributed by atoms with van der Waals surface area (Å²) in [6.07, 6.45) is 3.88. The summed E-state index contributed by atoms with van der Waals surface area (Å²) in [4.78, 5) is 0. The van der Waals surface area contributed by atoms with E-state index in [1.54, 1.807) is 0 Å². The number of rotatable bonds is 2. The highest BCUT2D eigenvalue weighted by Gasteiger charge is 2.10.